The van der Waals surface area contributed by atoms with Crippen LogP contribution in [0.1, 0.15) is 6.92 Å². The van der Waals surface area contributed by atoms with Crippen molar-refractivity contribution in [1.82, 2.24) is 10.2 Å². The average Bonchev–Trinajstić information content (AvgIpc) is 3.00. The number of nitrogens with zero attached hydrogens (tertiary/aromatic N) is 2. The molecule has 0 aromatic heterocycles. The lowest BCUT2D eigenvalue weighted by molar-refractivity contribution is -0.117. The molecule has 144 valence electrons. The van der Waals surface area contributed by atoms with Crippen molar-refractivity contribution in [2.45, 2.75) is 19.0 Å². The number of nitrogens with two attached hydrogens (primary N) is 1. The highest BCUT2D eigenvalue weighted by atomic mass is 16.5. The van der Waals surface area contributed by atoms with E-state index < -0.39 is 0 Å². The molecule has 27 heavy (non-hydrogen) atoms. The van der Waals surface area contributed by atoms with Gasteiger partial charge in [0, 0.05) is 13.2 Å². The number of ether oxygens (including phenoxy) is 2. The summed E-state index contributed by atoms with van der Waals surface area (Å²) in [6.07, 6.45) is 6.10. The predicted molar refractivity (Wildman–Crippen MR) is 105 cm³/mol. The van der Waals surface area contributed by atoms with Crippen LogP contribution in [0.4, 0.5) is 0 Å². The van der Waals surface area contributed by atoms with Gasteiger partial charge < -0.3 is 25.4 Å². The molecule has 0 saturated heterocycles. The van der Waals surface area contributed by atoms with Gasteiger partial charge in [0.25, 0.3) is 0 Å². The van der Waals surface area contributed by atoms with Gasteiger partial charge in [-0.15, -0.1) is 0 Å². The maximum absolute atomic E-state index is 11.0. The Balaban J connectivity index is 1.70. The van der Waals surface area contributed by atoms with E-state index in [0.717, 1.165) is 23.9 Å². The number of aliphatic imine (C=N–C) groups is 1. The van der Waals surface area contributed by atoms with Crippen LogP contribution in [0.3, 0.4) is 0 Å². The first-order chi connectivity index (χ1) is 13.2. The molecule has 7 nitrogen and oxygen atoms in total. The Morgan fingerprint density at radius 2 is 2.15 bits per heavy atom. The first-order valence-electron chi connectivity index (χ1n) is 9.20. The summed E-state index contributed by atoms with van der Waals surface area (Å²) in [4.78, 5) is 18.0. The average molecular weight is 370 g/mol. The van der Waals surface area contributed by atoms with E-state index in [-0.39, 0.29) is 24.5 Å². The Morgan fingerprint density at radius 1 is 1.33 bits per heavy atom. The summed E-state index contributed by atoms with van der Waals surface area (Å²) in [6, 6.07) is 9.80. The summed E-state index contributed by atoms with van der Waals surface area (Å²) < 4.78 is 11.5. The summed E-state index contributed by atoms with van der Waals surface area (Å²) >= 11 is 0. The van der Waals surface area contributed by atoms with Crippen molar-refractivity contribution in [1.29, 1.82) is 0 Å². The second kappa shape index (κ2) is 9.34. The molecule has 0 spiro atoms. The van der Waals surface area contributed by atoms with Crippen molar-refractivity contribution in [2.24, 2.45) is 10.7 Å². The van der Waals surface area contributed by atoms with Gasteiger partial charge in [-0.25, -0.2) is 0 Å². The van der Waals surface area contributed by atoms with Crippen LogP contribution in [0.15, 0.2) is 59.3 Å². The van der Waals surface area contributed by atoms with Crippen molar-refractivity contribution in [3.8, 4) is 5.75 Å². The highest BCUT2D eigenvalue weighted by Gasteiger charge is 2.35. The standard InChI is InChI=1S/C20H26N4O3/c1-2-26-11-10-24-18-12-16(27-15-6-4-3-5-7-15)8-9-17(18)23-20(24)14-22-13-19(21)25/h3-9,12,17-18,22H,2,10-11,13-14H2,1H3,(H2,21,25). The van der Waals surface area contributed by atoms with Crippen LogP contribution >= 0.6 is 0 Å². The first-order valence-corrected chi connectivity index (χ1v) is 9.20. The minimum atomic E-state index is -0.384. The molecule has 0 saturated carbocycles. The van der Waals surface area contributed by atoms with Crippen molar-refractivity contribution < 1.29 is 14.3 Å². The third kappa shape index (κ3) is 5.18. The predicted octanol–water partition coefficient (Wildman–Crippen LogP) is 1.08. The Bertz CT molecular complexity index is 730. The number of fused-ring (bicyclic) bond motifs is 1. The maximum atomic E-state index is 11.0. The number of rotatable bonds is 10. The molecule has 1 aromatic carbocycles. The van der Waals surface area contributed by atoms with E-state index in [1.807, 2.05) is 43.3 Å². The molecule has 2 aliphatic rings. The number of benzene rings is 1. The number of carbonyl (C=O) groups excluding carboxylic acids is 1. The van der Waals surface area contributed by atoms with Crippen molar-refractivity contribution in [3.05, 3.63) is 54.3 Å². The zero-order chi connectivity index (χ0) is 19.1. The van der Waals surface area contributed by atoms with Gasteiger partial charge in [-0.2, -0.15) is 0 Å². The lowest BCUT2D eigenvalue weighted by Gasteiger charge is -2.29. The summed E-state index contributed by atoms with van der Waals surface area (Å²) in [6.45, 7) is 4.59. The van der Waals surface area contributed by atoms with Gasteiger partial charge in [-0.05, 0) is 31.2 Å². The molecule has 1 aliphatic carbocycles. The molecular formula is C20H26N4O3. The second-order valence-electron chi connectivity index (χ2n) is 6.33. The summed E-state index contributed by atoms with van der Waals surface area (Å²) in [5.41, 5.74) is 5.21. The topological polar surface area (TPSA) is 89.2 Å². The largest absolute Gasteiger partial charge is 0.458 e. The van der Waals surface area contributed by atoms with Gasteiger partial charge >= 0.3 is 0 Å². The Morgan fingerprint density at radius 3 is 2.89 bits per heavy atom. The van der Waals surface area contributed by atoms with Crippen LogP contribution in [0.2, 0.25) is 0 Å². The zero-order valence-electron chi connectivity index (χ0n) is 15.5. The molecule has 7 heteroatoms. The third-order valence-corrected chi connectivity index (χ3v) is 4.37. The van der Waals surface area contributed by atoms with Crippen LogP contribution in [0.5, 0.6) is 5.75 Å². The highest BCUT2D eigenvalue weighted by molar-refractivity contribution is 5.88. The Kier molecular flexibility index (Phi) is 6.62. The van der Waals surface area contributed by atoms with Gasteiger partial charge in [0.05, 0.1) is 31.8 Å². The van der Waals surface area contributed by atoms with Crippen LogP contribution in [0, 0.1) is 0 Å². The normalized spacial score (nSPS) is 20.9. The van der Waals surface area contributed by atoms with Gasteiger partial charge in [0.1, 0.15) is 17.3 Å². The quantitative estimate of drug-likeness (QED) is 0.602. The van der Waals surface area contributed by atoms with Crippen molar-refractivity contribution in [3.63, 3.8) is 0 Å². The van der Waals surface area contributed by atoms with E-state index in [1.54, 1.807) is 0 Å². The number of primary amides is 1. The number of para-hydroxylation sites is 1. The fraction of sp³-hybridized carbons (Fsp3) is 0.400. The lowest BCUT2D eigenvalue weighted by atomic mass is 10.0. The van der Waals surface area contributed by atoms with Gasteiger partial charge in [-0.1, -0.05) is 24.3 Å². The van der Waals surface area contributed by atoms with E-state index in [2.05, 4.69) is 22.4 Å². The molecule has 1 amide bonds. The van der Waals surface area contributed by atoms with Crippen molar-refractivity contribution >= 4 is 11.7 Å². The molecule has 0 fully saturated rings. The monoisotopic (exact) mass is 370 g/mol. The number of hydrogen-bond acceptors (Lipinski definition) is 6. The van der Waals surface area contributed by atoms with E-state index in [9.17, 15) is 4.79 Å². The molecule has 1 heterocycles. The van der Waals surface area contributed by atoms with Crippen LogP contribution in [0.25, 0.3) is 0 Å². The maximum Gasteiger partial charge on any atom is 0.231 e. The van der Waals surface area contributed by atoms with Crippen LogP contribution in [-0.2, 0) is 9.53 Å². The van der Waals surface area contributed by atoms with Gasteiger partial charge in [-0.3, -0.25) is 9.79 Å². The molecule has 2 atom stereocenters. The Hall–Kier alpha value is -2.64. The van der Waals surface area contributed by atoms with Gasteiger partial charge in [0.2, 0.25) is 5.91 Å². The summed E-state index contributed by atoms with van der Waals surface area (Å²) in [7, 11) is 0. The third-order valence-electron chi connectivity index (χ3n) is 4.37. The number of nitrogens with one attached hydrogen (secondary N) is 1. The van der Waals surface area contributed by atoms with E-state index >= 15 is 0 Å². The SMILES string of the molecule is CCOCCN1C(CNCC(N)=O)=NC2C=CC(Oc3ccccc3)=CC21. The number of amidine groups is 1. The minimum absolute atomic E-state index is 0.0279. The van der Waals surface area contributed by atoms with E-state index in [0.29, 0.717) is 19.8 Å². The molecular weight excluding hydrogens is 344 g/mol. The van der Waals surface area contributed by atoms with Gasteiger partial charge in [0.15, 0.2) is 0 Å². The molecule has 0 bridgehead atoms. The summed E-state index contributed by atoms with van der Waals surface area (Å²) in [5, 5.41) is 3.04. The minimum Gasteiger partial charge on any atom is -0.458 e. The van der Waals surface area contributed by atoms with Crippen LogP contribution < -0.4 is 15.8 Å². The zero-order valence-corrected chi connectivity index (χ0v) is 15.5. The van der Waals surface area contributed by atoms with Crippen molar-refractivity contribution in [2.75, 3.05) is 32.8 Å². The Labute approximate surface area is 159 Å². The smallest absolute Gasteiger partial charge is 0.231 e. The number of allylic oxidation sites excluding steroid dienone is 1. The fourth-order valence-corrected chi connectivity index (χ4v) is 3.16. The molecule has 0 radical (unpaired) electrons. The number of hydrogen-bond donors (Lipinski definition) is 2. The first kappa shape index (κ1) is 19.1. The van der Waals surface area contributed by atoms with E-state index in [1.165, 1.54) is 0 Å². The van der Waals surface area contributed by atoms with E-state index in [4.69, 9.17) is 20.2 Å². The van der Waals surface area contributed by atoms with Crippen LogP contribution in [-0.4, -0.2) is 61.6 Å². The fourth-order valence-electron chi connectivity index (χ4n) is 3.16. The lowest BCUT2D eigenvalue weighted by Crippen LogP contribution is -2.45. The molecule has 1 aliphatic heterocycles. The highest BCUT2D eigenvalue weighted by Crippen LogP contribution is 2.26. The number of carbonyl (C=O) groups is 1. The molecule has 3 N–H and O–H groups in total. The molecule has 1 aromatic rings. The molecule has 2 unspecified atom stereocenters. The second-order valence-corrected chi connectivity index (χ2v) is 6.33. The number of amides is 1. The molecule has 3 rings (SSSR count). The summed E-state index contributed by atoms with van der Waals surface area (Å²) in [5.74, 6) is 2.11.